The molecule has 18 heavy (non-hydrogen) atoms. The molecule has 0 aliphatic rings. The molecule has 0 fully saturated rings. The first-order valence-electron chi connectivity index (χ1n) is 6.27. The van der Waals surface area contributed by atoms with E-state index in [1.54, 1.807) is 10.9 Å². The van der Waals surface area contributed by atoms with Gasteiger partial charge in [0, 0.05) is 24.6 Å². The molecular weight excluding hydrogens is 226 g/mol. The highest BCUT2D eigenvalue weighted by atomic mass is 16.3. The highest BCUT2D eigenvalue weighted by Gasteiger charge is 2.06. The van der Waals surface area contributed by atoms with Crippen LogP contribution in [0.5, 0.6) is 0 Å². The lowest BCUT2D eigenvalue weighted by molar-refractivity contribution is 0.161. The molecule has 1 atom stereocenters. The first-order valence-corrected chi connectivity index (χ1v) is 6.27. The molecule has 0 aliphatic carbocycles. The molecule has 0 amide bonds. The second-order valence-corrected chi connectivity index (χ2v) is 4.27. The van der Waals surface area contributed by atoms with E-state index in [0.717, 1.165) is 12.1 Å². The number of hydrogen-bond acceptors (Lipinski definition) is 3. The molecule has 0 aliphatic heterocycles. The first-order chi connectivity index (χ1) is 8.79. The molecular formula is C14H19N3O. The number of para-hydroxylation sites is 1. The topological polar surface area (TPSA) is 50.1 Å². The Kier molecular flexibility index (Phi) is 4.36. The molecule has 0 bridgehead atoms. The van der Waals surface area contributed by atoms with Gasteiger partial charge < -0.3 is 10.4 Å². The second kappa shape index (κ2) is 6.21. The van der Waals surface area contributed by atoms with Crippen molar-refractivity contribution in [3.63, 3.8) is 0 Å². The SMILES string of the molecule is CCc1ccccc1NCC(O)Cn1cccn1. The number of benzene rings is 1. The molecule has 4 heteroatoms. The first kappa shape index (κ1) is 12.6. The van der Waals surface area contributed by atoms with Crippen LogP contribution in [0.25, 0.3) is 0 Å². The summed E-state index contributed by atoms with van der Waals surface area (Å²) in [7, 11) is 0. The van der Waals surface area contributed by atoms with E-state index in [1.165, 1.54) is 5.56 Å². The van der Waals surface area contributed by atoms with Crippen LogP contribution in [-0.4, -0.2) is 27.5 Å². The van der Waals surface area contributed by atoms with Crippen LogP contribution in [0.2, 0.25) is 0 Å². The summed E-state index contributed by atoms with van der Waals surface area (Å²) in [6.07, 6.45) is 4.10. The Labute approximate surface area is 107 Å². The third-order valence-electron chi connectivity index (χ3n) is 2.88. The average Bonchev–Trinajstić information content (AvgIpc) is 2.89. The van der Waals surface area contributed by atoms with Crippen molar-refractivity contribution < 1.29 is 5.11 Å². The van der Waals surface area contributed by atoms with Gasteiger partial charge in [-0.2, -0.15) is 5.10 Å². The minimum absolute atomic E-state index is 0.449. The molecule has 2 aromatic rings. The molecule has 1 unspecified atom stereocenters. The Bertz CT molecular complexity index is 468. The van der Waals surface area contributed by atoms with Gasteiger partial charge in [0.1, 0.15) is 0 Å². The lowest BCUT2D eigenvalue weighted by Gasteiger charge is -2.15. The fraction of sp³-hybridized carbons (Fsp3) is 0.357. The average molecular weight is 245 g/mol. The Morgan fingerprint density at radius 2 is 2.17 bits per heavy atom. The van der Waals surface area contributed by atoms with Crippen LogP contribution in [0, 0.1) is 0 Å². The van der Waals surface area contributed by atoms with Crippen LogP contribution >= 0.6 is 0 Å². The van der Waals surface area contributed by atoms with Crippen LogP contribution in [0.3, 0.4) is 0 Å². The van der Waals surface area contributed by atoms with Crippen molar-refractivity contribution >= 4 is 5.69 Å². The number of aliphatic hydroxyl groups is 1. The number of nitrogens with one attached hydrogen (secondary N) is 1. The van der Waals surface area contributed by atoms with Crippen molar-refractivity contribution in [2.24, 2.45) is 0 Å². The number of aryl methyl sites for hydroxylation is 1. The molecule has 2 rings (SSSR count). The van der Waals surface area contributed by atoms with E-state index in [4.69, 9.17) is 0 Å². The summed E-state index contributed by atoms with van der Waals surface area (Å²) in [6.45, 7) is 3.16. The highest BCUT2D eigenvalue weighted by Crippen LogP contribution is 2.15. The lowest BCUT2D eigenvalue weighted by Crippen LogP contribution is -2.25. The van der Waals surface area contributed by atoms with Gasteiger partial charge >= 0.3 is 0 Å². The third kappa shape index (κ3) is 3.34. The molecule has 1 aromatic carbocycles. The molecule has 0 saturated carbocycles. The van der Waals surface area contributed by atoms with E-state index >= 15 is 0 Å². The van der Waals surface area contributed by atoms with Crippen LogP contribution in [0.1, 0.15) is 12.5 Å². The van der Waals surface area contributed by atoms with Crippen LogP contribution in [-0.2, 0) is 13.0 Å². The van der Waals surface area contributed by atoms with Crippen molar-refractivity contribution in [1.29, 1.82) is 0 Å². The quantitative estimate of drug-likeness (QED) is 0.817. The fourth-order valence-electron chi connectivity index (χ4n) is 1.92. The van der Waals surface area contributed by atoms with E-state index in [-0.39, 0.29) is 0 Å². The zero-order valence-electron chi connectivity index (χ0n) is 10.6. The summed E-state index contributed by atoms with van der Waals surface area (Å²) in [4.78, 5) is 0. The summed E-state index contributed by atoms with van der Waals surface area (Å²) in [5.41, 5.74) is 2.36. The Morgan fingerprint density at radius 3 is 2.89 bits per heavy atom. The molecule has 4 nitrogen and oxygen atoms in total. The number of hydrogen-bond donors (Lipinski definition) is 2. The number of aliphatic hydroxyl groups excluding tert-OH is 1. The summed E-state index contributed by atoms with van der Waals surface area (Å²) in [5.74, 6) is 0. The van der Waals surface area contributed by atoms with Gasteiger partial charge in [0.2, 0.25) is 0 Å². The molecule has 0 radical (unpaired) electrons. The monoisotopic (exact) mass is 245 g/mol. The number of nitrogens with zero attached hydrogens (tertiary/aromatic N) is 2. The van der Waals surface area contributed by atoms with Crippen LogP contribution < -0.4 is 5.32 Å². The zero-order chi connectivity index (χ0) is 12.8. The van der Waals surface area contributed by atoms with E-state index in [1.807, 2.05) is 30.5 Å². The van der Waals surface area contributed by atoms with Crippen molar-refractivity contribution in [2.45, 2.75) is 26.0 Å². The summed E-state index contributed by atoms with van der Waals surface area (Å²) in [6, 6.07) is 10.0. The van der Waals surface area contributed by atoms with E-state index < -0.39 is 6.10 Å². The zero-order valence-corrected chi connectivity index (χ0v) is 10.6. The van der Waals surface area contributed by atoms with Gasteiger partial charge in [-0.15, -0.1) is 0 Å². The lowest BCUT2D eigenvalue weighted by atomic mass is 10.1. The summed E-state index contributed by atoms with van der Waals surface area (Å²) >= 11 is 0. The molecule has 0 spiro atoms. The molecule has 1 heterocycles. The van der Waals surface area contributed by atoms with E-state index in [9.17, 15) is 5.11 Å². The predicted octanol–water partition coefficient (Wildman–Crippen LogP) is 1.92. The van der Waals surface area contributed by atoms with Crippen molar-refractivity contribution in [2.75, 3.05) is 11.9 Å². The minimum atomic E-state index is -0.449. The Hall–Kier alpha value is -1.81. The third-order valence-corrected chi connectivity index (χ3v) is 2.88. The van der Waals surface area contributed by atoms with E-state index in [2.05, 4.69) is 23.4 Å². The van der Waals surface area contributed by atoms with Crippen molar-refractivity contribution in [1.82, 2.24) is 9.78 Å². The normalized spacial score (nSPS) is 12.3. The molecule has 96 valence electrons. The standard InChI is InChI=1S/C14H19N3O/c1-2-12-6-3-4-7-14(12)15-10-13(18)11-17-9-5-8-16-17/h3-9,13,15,18H,2,10-11H2,1H3. The molecule has 0 saturated heterocycles. The van der Waals surface area contributed by atoms with Gasteiger partial charge in [-0.1, -0.05) is 25.1 Å². The number of anilines is 1. The largest absolute Gasteiger partial charge is 0.389 e. The van der Waals surface area contributed by atoms with Gasteiger partial charge in [0.05, 0.1) is 12.6 Å². The van der Waals surface area contributed by atoms with Crippen molar-refractivity contribution in [3.8, 4) is 0 Å². The maximum atomic E-state index is 9.92. The van der Waals surface area contributed by atoms with Gasteiger partial charge in [-0.3, -0.25) is 4.68 Å². The van der Waals surface area contributed by atoms with Crippen LogP contribution in [0.4, 0.5) is 5.69 Å². The fourth-order valence-corrected chi connectivity index (χ4v) is 1.92. The molecule has 1 aromatic heterocycles. The second-order valence-electron chi connectivity index (χ2n) is 4.27. The van der Waals surface area contributed by atoms with Gasteiger partial charge in [0.25, 0.3) is 0 Å². The minimum Gasteiger partial charge on any atom is -0.389 e. The maximum absolute atomic E-state index is 9.92. The van der Waals surface area contributed by atoms with Gasteiger partial charge in [-0.25, -0.2) is 0 Å². The Balaban J connectivity index is 1.87. The summed E-state index contributed by atoms with van der Waals surface area (Å²) in [5, 5.41) is 17.3. The number of aromatic nitrogens is 2. The van der Waals surface area contributed by atoms with Gasteiger partial charge in [0.15, 0.2) is 0 Å². The molecule has 2 N–H and O–H groups in total. The smallest absolute Gasteiger partial charge is 0.0907 e. The Morgan fingerprint density at radius 1 is 1.33 bits per heavy atom. The maximum Gasteiger partial charge on any atom is 0.0907 e. The van der Waals surface area contributed by atoms with Crippen LogP contribution in [0.15, 0.2) is 42.7 Å². The highest BCUT2D eigenvalue weighted by molar-refractivity contribution is 5.51. The van der Waals surface area contributed by atoms with Crippen molar-refractivity contribution in [3.05, 3.63) is 48.3 Å². The number of rotatable bonds is 6. The van der Waals surface area contributed by atoms with E-state index in [0.29, 0.717) is 13.1 Å². The predicted molar refractivity (Wildman–Crippen MR) is 72.5 cm³/mol. The van der Waals surface area contributed by atoms with Gasteiger partial charge in [-0.05, 0) is 24.1 Å². The summed E-state index contributed by atoms with van der Waals surface area (Å²) < 4.78 is 1.73.